The van der Waals surface area contributed by atoms with Crippen LogP contribution in [0.4, 0.5) is 0 Å². The molecule has 2 aliphatic heterocycles. The highest BCUT2D eigenvalue weighted by Gasteiger charge is 2.52. The number of nitrogens with one attached hydrogen (secondary N) is 2. The van der Waals surface area contributed by atoms with Crippen molar-refractivity contribution >= 4 is 11.8 Å². The van der Waals surface area contributed by atoms with E-state index in [0.29, 0.717) is 19.0 Å². The van der Waals surface area contributed by atoms with E-state index in [-0.39, 0.29) is 35.9 Å². The summed E-state index contributed by atoms with van der Waals surface area (Å²) in [5, 5.41) is 6.53. The first-order valence-electron chi connectivity index (χ1n) is 10.3. The van der Waals surface area contributed by atoms with Crippen molar-refractivity contribution in [3.8, 4) is 12.3 Å². The quantitative estimate of drug-likeness (QED) is 0.786. The van der Waals surface area contributed by atoms with Crippen LogP contribution in [0.3, 0.4) is 0 Å². The van der Waals surface area contributed by atoms with Gasteiger partial charge in [0.1, 0.15) is 0 Å². The van der Waals surface area contributed by atoms with Crippen molar-refractivity contribution in [2.24, 2.45) is 11.3 Å². The molecule has 3 aliphatic rings. The van der Waals surface area contributed by atoms with Crippen LogP contribution < -0.4 is 10.6 Å². The summed E-state index contributed by atoms with van der Waals surface area (Å²) in [6.07, 6.45) is 8.39. The van der Waals surface area contributed by atoms with E-state index in [1.54, 1.807) is 0 Å². The van der Waals surface area contributed by atoms with Gasteiger partial charge in [-0.1, -0.05) is 50.1 Å². The Morgan fingerprint density at radius 1 is 1.29 bits per heavy atom. The van der Waals surface area contributed by atoms with Crippen molar-refractivity contribution in [1.29, 1.82) is 0 Å². The molecule has 1 aromatic rings. The zero-order valence-electron chi connectivity index (χ0n) is 16.7. The lowest BCUT2D eigenvalue weighted by atomic mass is 9.75. The number of benzene rings is 1. The van der Waals surface area contributed by atoms with E-state index >= 15 is 0 Å². The molecule has 2 N–H and O–H groups in total. The maximum absolute atomic E-state index is 13.1. The third-order valence-corrected chi connectivity index (χ3v) is 6.81. The molecule has 4 rings (SSSR count). The molecule has 2 heterocycles. The Bertz CT molecular complexity index is 798. The van der Waals surface area contributed by atoms with E-state index in [0.717, 1.165) is 19.3 Å². The molecule has 2 saturated heterocycles. The average molecular weight is 380 g/mol. The molecule has 1 saturated carbocycles. The lowest BCUT2D eigenvalue weighted by molar-refractivity contribution is -0.136. The van der Waals surface area contributed by atoms with Crippen LogP contribution in [0.2, 0.25) is 0 Å². The molecule has 5 atom stereocenters. The Kier molecular flexibility index (Phi) is 4.93. The molecule has 3 fully saturated rings. The lowest BCUT2D eigenvalue weighted by Gasteiger charge is -2.34. The second-order valence-corrected chi connectivity index (χ2v) is 8.94. The van der Waals surface area contributed by atoms with Gasteiger partial charge in [0.25, 0.3) is 0 Å². The van der Waals surface area contributed by atoms with Gasteiger partial charge in [-0.2, -0.15) is 0 Å². The maximum Gasteiger partial charge on any atom is 0.241 e. The molecule has 0 bridgehead atoms. The average Bonchev–Trinajstić information content (AvgIpc) is 3.14. The van der Waals surface area contributed by atoms with E-state index in [1.807, 2.05) is 36.9 Å². The van der Waals surface area contributed by atoms with Gasteiger partial charge in [-0.05, 0) is 24.8 Å². The fourth-order valence-corrected chi connectivity index (χ4v) is 4.88. The number of rotatable bonds is 4. The number of carbonyl (C=O) groups excluding carboxylic acids is 2. The van der Waals surface area contributed by atoms with Crippen LogP contribution in [0.15, 0.2) is 30.3 Å². The van der Waals surface area contributed by atoms with Crippen LogP contribution in [0, 0.1) is 23.7 Å². The van der Waals surface area contributed by atoms with Crippen molar-refractivity contribution < 1.29 is 9.59 Å². The number of carbonyl (C=O) groups is 2. The molecular weight excluding hydrogens is 350 g/mol. The highest BCUT2D eigenvalue weighted by Crippen LogP contribution is 2.42. The van der Waals surface area contributed by atoms with Crippen LogP contribution in [-0.2, 0) is 9.59 Å². The molecule has 28 heavy (non-hydrogen) atoms. The summed E-state index contributed by atoms with van der Waals surface area (Å²) in [5.74, 6) is 2.99. The smallest absolute Gasteiger partial charge is 0.241 e. The first kappa shape index (κ1) is 19.0. The summed E-state index contributed by atoms with van der Waals surface area (Å²) < 4.78 is 0. The predicted molar refractivity (Wildman–Crippen MR) is 108 cm³/mol. The van der Waals surface area contributed by atoms with Gasteiger partial charge < -0.3 is 15.5 Å². The van der Waals surface area contributed by atoms with Gasteiger partial charge in [-0.15, -0.1) is 6.42 Å². The van der Waals surface area contributed by atoms with Crippen LogP contribution in [0.5, 0.6) is 0 Å². The maximum atomic E-state index is 13.1. The molecule has 5 nitrogen and oxygen atoms in total. The van der Waals surface area contributed by atoms with Gasteiger partial charge in [-0.3, -0.25) is 9.59 Å². The minimum atomic E-state index is -0.458. The third kappa shape index (κ3) is 3.31. The topological polar surface area (TPSA) is 61.4 Å². The number of likely N-dealkylation sites (tertiary alicyclic amines) is 1. The van der Waals surface area contributed by atoms with E-state index in [9.17, 15) is 9.59 Å². The Balaban J connectivity index is 1.39. The molecule has 5 heteroatoms. The first-order chi connectivity index (χ1) is 13.4. The summed E-state index contributed by atoms with van der Waals surface area (Å²) in [7, 11) is 0. The summed E-state index contributed by atoms with van der Waals surface area (Å²) >= 11 is 0. The van der Waals surface area contributed by atoms with Crippen LogP contribution in [-0.4, -0.2) is 47.9 Å². The van der Waals surface area contributed by atoms with Crippen LogP contribution in [0.25, 0.3) is 0 Å². The first-order valence-corrected chi connectivity index (χ1v) is 10.3. The van der Waals surface area contributed by atoms with Gasteiger partial charge >= 0.3 is 0 Å². The van der Waals surface area contributed by atoms with E-state index < -0.39 is 5.41 Å². The fraction of sp³-hybridized carbons (Fsp3) is 0.565. The second kappa shape index (κ2) is 7.25. The molecule has 0 spiro atoms. The van der Waals surface area contributed by atoms with E-state index in [1.165, 1.54) is 5.56 Å². The van der Waals surface area contributed by atoms with Crippen molar-refractivity contribution in [3.05, 3.63) is 35.9 Å². The monoisotopic (exact) mass is 379 g/mol. The molecule has 1 unspecified atom stereocenters. The number of nitrogens with zero attached hydrogens (tertiary/aromatic N) is 1. The van der Waals surface area contributed by atoms with Gasteiger partial charge in [-0.25, -0.2) is 0 Å². The molecule has 1 aliphatic carbocycles. The Hall–Kier alpha value is -2.32. The summed E-state index contributed by atoms with van der Waals surface area (Å²) in [6, 6.07) is 10.0. The van der Waals surface area contributed by atoms with Crippen molar-refractivity contribution in [1.82, 2.24) is 15.5 Å². The Morgan fingerprint density at radius 2 is 2.04 bits per heavy atom. The minimum absolute atomic E-state index is 0.0364. The van der Waals surface area contributed by atoms with Crippen LogP contribution >= 0.6 is 0 Å². The number of hydrogen-bond acceptors (Lipinski definition) is 3. The molecule has 0 aromatic heterocycles. The molecule has 1 aromatic carbocycles. The molecular formula is C23H29N3O2. The van der Waals surface area contributed by atoms with Gasteiger partial charge in [0, 0.05) is 30.5 Å². The number of terminal acetylenes is 1. The zero-order chi connectivity index (χ0) is 19.9. The summed E-state index contributed by atoms with van der Waals surface area (Å²) in [5.41, 5.74) is 0.819. The van der Waals surface area contributed by atoms with Gasteiger partial charge in [0.05, 0.1) is 18.0 Å². The molecule has 0 radical (unpaired) electrons. The highest BCUT2D eigenvalue weighted by molar-refractivity contribution is 5.88. The summed E-state index contributed by atoms with van der Waals surface area (Å²) in [4.78, 5) is 27.9. The number of amides is 2. The van der Waals surface area contributed by atoms with Crippen molar-refractivity contribution in [2.45, 2.75) is 57.2 Å². The Morgan fingerprint density at radius 3 is 2.75 bits per heavy atom. The molecule has 2 amide bonds. The standard InChI is InChI=1S/C23H29N3O2/c1-4-16-11-8-12-26(16)22(28)20-23(2,3)18(14-24-20)21(27)25-19-13-17(19)15-9-6-5-7-10-15/h1,5-7,9-10,16-20,24H,8,11-14H2,2-3H3,(H,25,27)/t16-,17+,18+,19+,20?/m1/s1. The van der Waals surface area contributed by atoms with Gasteiger partial charge in [0.15, 0.2) is 0 Å². The minimum Gasteiger partial charge on any atom is -0.352 e. The largest absolute Gasteiger partial charge is 0.352 e. The van der Waals surface area contributed by atoms with E-state index in [2.05, 4.69) is 28.7 Å². The van der Waals surface area contributed by atoms with Gasteiger partial charge in [0.2, 0.25) is 11.8 Å². The van der Waals surface area contributed by atoms with Crippen LogP contribution in [0.1, 0.15) is 44.6 Å². The van der Waals surface area contributed by atoms with E-state index in [4.69, 9.17) is 6.42 Å². The summed E-state index contributed by atoms with van der Waals surface area (Å²) in [6.45, 7) is 5.26. The lowest BCUT2D eigenvalue weighted by Crippen LogP contribution is -2.52. The normalized spacial score (nSPS) is 33.3. The predicted octanol–water partition coefficient (Wildman–Crippen LogP) is 1.90. The molecule has 148 valence electrons. The van der Waals surface area contributed by atoms with Crippen molar-refractivity contribution in [3.63, 3.8) is 0 Å². The third-order valence-electron chi connectivity index (χ3n) is 6.81. The Labute approximate surface area is 167 Å². The SMILES string of the molecule is C#C[C@@H]1CCCN1C(=O)C1NC[C@@H](C(=O)N[C@H]2C[C@H]2c2ccccc2)C1(C)C. The fourth-order valence-electron chi connectivity index (χ4n) is 4.88. The number of hydrogen-bond donors (Lipinski definition) is 2. The second-order valence-electron chi connectivity index (χ2n) is 8.94. The highest BCUT2D eigenvalue weighted by atomic mass is 16.2. The zero-order valence-corrected chi connectivity index (χ0v) is 16.7. The van der Waals surface area contributed by atoms with Crippen molar-refractivity contribution in [2.75, 3.05) is 13.1 Å².